The average molecular weight is 714 g/mol. The molecule has 0 radical (unpaired) electrons. The van der Waals surface area contributed by atoms with Gasteiger partial charge in [0.05, 0.1) is 33.6 Å². The Bertz CT molecular complexity index is 1810. The molecule has 2 heterocycles. The van der Waals surface area contributed by atoms with Crippen molar-refractivity contribution in [3.63, 3.8) is 0 Å². The summed E-state index contributed by atoms with van der Waals surface area (Å²) in [7, 11) is 1.94. The van der Waals surface area contributed by atoms with Crippen molar-refractivity contribution in [2.45, 2.75) is 78.6 Å². The zero-order valence-corrected chi connectivity index (χ0v) is 30.1. The SMILES string of the molecule is CCC(CC)N(CCNC)Cc1cccc(C(=O)Nc2sc3c(c2C(=O)c2cnn(-c4ccc(Cl)c(C(F)(F)F)c4)c2)CCC(C)(C)C3)c1. The lowest BCUT2D eigenvalue weighted by Gasteiger charge is -2.30. The Labute approximate surface area is 294 Å². The van der Waals surface area contributed by atoms with Crippen LogP contribution in [0, 0.1) is 5.41 Å². The van der Waals surface area contributed by atoms with Crippen LogP contribution in [-0.2, 0) is 25.6 Å². The summed E-state index contributed by atoms with van der Waals surface area (Å²) in [6, 6.07) is 11.5. The van der Waals surface area contributed by atoms with Crippen molar-refractivity contribution in [2.75, 3.05) is 25.5 Å². The molecule has 1 aliphatic carbocycles. The molecule has 0 saturated carbocycles. The fraction of sp³-hybridized carbons (Fsp3) is 0.432. The highest BCUT2D eigenvalue weighted by Crippen LogP contribution is 2.45. The van der Waals surface area contributed by atoms with Crippen molar-refractivity contribution < 1.29 is 22.8 Å². The number of halogens is 4. The van der Waals surface area contributed by atoms with Crippen molar-refractivity contribution >= 4 is 39.6 Å². The number of ketones is 1. The average Bonchev–Trinajstić information content (AvgIpc) is 3.68. The van der Waals surface area contributed by atoms with Crippen LogP contribution in [0.15, 0.2) is 54.9 Å². The minimum absolute atomic E-state index is 0.0391. The van der Waals surface area contributed by atoms with Gasteiger partial charge in [-0.05, 0) is 86.0 Å². The molecule has 1 aliphatic rings. The van der Waals surface area contributed by atoms with Gasteiger partial charge in [0.2, 0.25) is 0 Å². The van der Waals surface area contributed by atoms with E-state index in [9.17, 15) is 22.8 Å². The maximum absolute atomic E-state index is 14.2. The fourth-order valence-corrected chi connectivity index (χ4v) is 8.23. The molecule has 49 heavy (non-hydrogen) atoms. The summed E-state index contributed by atoms with van der Waals surface area (Å²) >= 11 is 7.23. The Morgan fingerprint density at radius 1 is 1.12 bits per heavy atom. The van der Waals surface area contributed by atoms with Gasteiger partial charge in [0.25, 0.3) is 5.91 Å². The molecular weight excluding hydrogens is 671 g/mol. The van der Waals surface area contributed by atoms with Crippen LogP contribution >= 0.6 is 22.9 Å². The molecule has 0 aliphatic heterocycles. The molecule has 2 aromatic carbocycles. The second kappa shape index (κ2) is 15.2. The third-order valence-electron chi connectivity index (χ3n) is 9.28. The second-order valence-corrected chi connectivity index (χ2v) is 14.9. The van der Waals surface area contributed by atoms with Crippen LogP contribution in [0.4, 0.5) is 18.2 Å². The highest BCUT2D eigenvalue weighted by molar-refractivity contribution is 7.17. The molecule has 1 amide bonds. The van der Waals surface area contributed by atoms with E-state index in [4.69, 9.17) is 11.6 Å². The number of alkyl halides is 3. The summed E-state index contributed by atoms with van der Waals surface area (Å²) < 4.78 is 41.8. The number of hydrogen-bond acceptors (Lipinski definition) is 6. The van der Waals surface area contributed by atoms with Gasteiger partial charge in [-0.15, -0.1) is 11.3 Å². The van der Waals surface area contributed by atoms with Gasteiger partial charge < -0.3 is 10.6 Å². The number of carbonyl (C=O) groups is 2. The number of aromatic nitrogens is 2. The van der Waals surface area contributed by atoms with Crippen molar-refractivity contribution in [3.05, 3.63) is 98.1 Å². The van der Waals surface area contributed by atoms with Crippen LogP contribution in [0.5, 0.6) is 0 Å². The van der Waals surface area contributed by atoms with Gasteiger partial charge in [-0.1, -0.05) is 51.4 Å². The number of amides is 1. The third-order valence-corrected chi connectivity index (χ3v) is 10.8. The van der Waals surface area contributed by atoms with E-state index in [1.165, 1.54) is 34.5 Å². The van der Waals surface area contributed by atoms with Gasteiger partial charge in [-0.3, -0.25) is 14.5 Å². The van der Waals surface area contributed by atoms with Gasteiger partial charge in [-0.25, -0.2) is 4.68 Å². The Hall–Kier alpha value is -3.51. The normalized spacial score (nSPS) is 14.3. The van der Waals surface area contributed by atoms with E-state index < -0.39 is 16.8 Å². The molecule has 0 unspecified atom stereocenters. The molecule has 4 aromatic rings. The number of likely N-dealkylation sites (N-methyl/N-ethyl adjacent to an activating group) is 1. The zero-order chi connectivity index (χ0) is 35.5. The van der Waals surface area contributed by atoms with Crippen molar-refractivity contribution in [3.8, 4) is 5.69 Å². The standard InChI is InChI=1S/C37H43ClF3N5O2S/c1-6-26(7-2)45(16-15-42-5)21-23-9-8-10-24(17-23)34(48)44-35-32(28-13-14-36(3,4)19-31(28)49-35)33(47)25-20-43-46(22-25)27-11-12-30(38)29(18-27)37(39,40)41/h8-12,17-18,20,22,26,42H,6-7,13-16,19,21H2,1-5H3,(H,44,48). The summed E-state index contributed by atoms with van der Waals surface area (Å²) in [4.78, 5) is 31.5. The first-order chi connectivity index (χ1) is 23.2. The number of rotatable bonds is 13. The molecule has 0 atom stereocenters. The van der Waals surface area contributed by atoms with Gasteiger partial charge in [0.15, 0.2) is 5.78 Å². The molecule has 0 spiro atoms. The van der Waals surface area contributed by atoms with Gasteiger partial charge in [0.1, 0.15) is 5.00 Å². The molecule has 262 valence electrons. The summed E-state index contributed by atoms with van der Waals surface area (Å²) in [6.07, 6.45) is 2.48. The molecule has 0 bridgehead atoms. The topological polar surface area (TPSA) is 79.3 Å². The van der Waals surface area contributed by atoms with E-state index in [0.29, 0.717) is 35.1 Å². The molecular formula is C37H43ClF3N5O2S. The number of carbonyl (C=O) groups excluding carboxylic acids is 2. The van der Waals surface area contributed by atoms with Gasteiger partial charge >= 0.3 is 6.18 Å². The highest BCUT2D eigenvalue weighted by Gasteiger charge is 2.35. The molecule has 12 heteroatoms. The lowest BCUT2D eigenvalue weighted by molar-refractivity contribution is -0.137. The van der Waals surface area contributed by atoms with E-state index >= 15 is 0 Å². The van der Waals surface area contributed by atoms with Gasteiger partial charge in [0, 0.05) is 42.3 Å². The predicted octanol–water partition coefficient (Wildman–Crippen LogP) is 8.81. The summed E-state index contributed by atoms with van der Waals surface area (Å²) in [6.45, 7) is 11.2. The molecule has 2 N–H and O–H groups in total. The minimum Gasteiger partial charge on any atom is -0.318 e. The van der Waals surface area contributed by atoms with E-state index in [1.54, 1.807) is 6.07 Å². The van der Waals surface area contributed by atoms with E-state index in [2.05, 4.69) is 48.3 Å². The molecule has 7 nitrogen and oxygen atoms in total. The van der Waals surface area contributed by atoms with E-state index in [-0.39, 0.29) is 28.4 Å². The molecule has 5 rings (SSSR count). The maximum atomic E-state index is 14.2. The predicted molar refractivity (Wildman–Crippen MR) is 190 cm³/mol. The molecule has 2 aromatic heterocycles. The highest BCUT2D eigenvalue weighted by atomic mass is 35.5. The number of nitrogens with one attached hydrogen (secondary N) is 2. The number of nitrogens with zero attached hydrogens (tertiary/aromatic N) is 3. The Morgan fingerprint density at radius 2 is 1.88 bits per heavy atom. The Morgan fingerprint density at radius 3 is 2.57 bits per heavy atom. The zero-order valence-electron chi connectivity index (χ0n) is 28.5. The Balaban J connectivity index is 1.44. The van der Waals surface area contributed by atoms with Gasteiger partial charge in [-0.2, -0.15) is 18.3 Å². The number of hydrogen-bond donors (Lipinski definition) is 2. The first-order valence-electron chi connectivity index (χ1n) is 16.6. The summed E-state index contributed by atoms with van der Waals surface area (Å²) in [5, 5.41) is 10.6. The fourth-order valence-electron chi connectivity index (χ4n) is 6.50. The number of fused-ring (bicyclic) bond motifs is 1. The van der Waals surface area contributed by atoms with Crippen LogP contribution < -0.4 is 10.6 Å². The molecule has 0 saturated heterocycles. The van der Waals surface area contributed by atoms with E-state index in [0.717, 1.165) is 66.9 Å². The first-order valence-corrected chi connectivity index (χ1v) is 17.8. The quantitative estimate of drug-likeness (QED) is 0.136. The maximum Gasteiger partial charge on any atom is 0.417 e. The van der Waals surface area contributed by atoms with Crippen molar-refractivity contribution in [1.29, 1.82) is 0 Å². The summed E-state index contributed by atoms with van der Waals surface area (Å²) in [5.74, 6) is -0.655. The van der Waals surface area contributed by atoms with Crippen LogP contribution in [-0.4, -0.2) is 52.5 Å². The summed E-state index contributed by atoms with van der Waals surface area (Å²) in [5.41, 5.74) is 2.22. The first kappa shape index (κ1) is 36.8. The number of benzene rings is 2. The lowest BCUT2D eigenvalue weighted by Crippen LogP contribution is -2.38. The van der Waals surface area contributed by atoms with Crippen LogP contribution in [0.25, 0.3) is 5.69 Å². The lowest BCUT2D eigenvalue weighted by atomic mass is 9.76. The largest absolute Gasteiger partial charge is 0.417 e. The third kappa shape index (κ3) is 8.45. The minimum atomic E-state index is -4.64. The Kier molecular flexibility index (Phi) is 11.4. The number of thiophene rings is 1. The molecule has 0 fully saturated rings. The monoisotopic (exact) mass is 713 g/mol. The smallest absolute Gasteiger partial charge is 0.318 e. The van der Waals surface area contributed by atoms with Crippen LogP contribution in [0.2, 0.25) is 5.02 Å². The van der Waals surface area contributed by atoms with Crippen LogP contribution in [0.3, 0.4) is 0 Å². The number of anilines is 1. The second-order valence-electron chi connectivity index (χ2n) is 13.4. The van der Waals surface area contributed by atoms with Crippen molar-refractivity contribution in [2.24, 2.45) is 5.41 Å². The van der Waals surface area contributed by atoms with Crippen molar-refractivity contribution in [1.82, 2.24) is 20.0 Å². The van der Waals surface area contributed by atoms with Crippen LogP contribution in [0.1, 0.15) is 94.8 Å². The van der Waals surface area contributed by atoms with E-state index in [1.807, 2.05) is 25.2 Å².